The van der Waals surface area contributed by atoms with E-state index in [1.807, 2.05) is 103 Å². The highest BCUT2D eigenvalue weighted by Gasteiger charge is 2.56. The van der Waals surface area contributed by atoms with Gasteiger partial charge in [0.05, 0.1) is 12.0 Å². The van der Waals surface area contributed by atoms with Gasteiger partial charge in [-0.15, -0.1) is 11.8 Å². The van der Waals surface area contributed by atoms with Crippen molar-refractivity contribution in [3.63, 3.8) is 0 Å². The lowest BCUT2D eigenvalue weighted by Crippen LogP contribution is -2.71. The van der Waals surface area contributed by atoms with Crippen molar-refractivity contribution in [3.05, 3.63) is 197 Å². The van der Waals surface area contributed by atoms with Gasteiger partial charge in [-0.2, -0.15) is 17.8 Å². The molecule has 308 valence electrons. The smallest absolute Gasteiger partial charge is 0.359 e. The Morgan fingerprint density at radius 1 is 0.820 bits per heavy atom. The first-order chi connectivity index (χ1) is 29.5. The van der Waals surface area contributed by atoms with E-state index in [4.69, 9.17) is 19.5 Å². The van der Waals surface area contributed by atoms with Crippen LogP contribution in [0.25, 0.3) is 0 Å². The van der Waals surface area contributed by atoms with Gasteiger partial charge in [-0.1, -0.05) is 157 Å². The highest BCUT2D eigenvalue weighted by molar-refractivity contribution is 8.00. The van der Waals surface area contributed by atoms with Crippen LogP contribution in [0.2, 0.25) is 0 Å². The molecule has 3 N–H and O–H groups in total. The molecule has 2 amide bonds. The van der Waals surface area contributed by atoms with Crippen LogP contribution in [0.4, 0.5) is 5.13 Å². The third-order valence-corrected chi connectivity index (χ3v) is 12.1. The summed E-state index contributed by atoms with van der Waals surface area (Å²) in [7, 11) is -4.15. The number of amides is 2. The quantitative estimate of drug-likeness (QED) is 0.0337. The first-order valence-electron chi connectivity index (χ1n) is 18.7. The van der Waals surface area contributed by atoms with Crippen LogP contribution in [0.3, 0.4) is 0 Å². The van der Waals surface area contributed by atoms with Gasteiger partial charge in [0, 0.05) is 28.2 Å². The second-order valence-electron chi connectivity index (χ2n) is 13.8. The fraction of sp³-hybridized carbons (Fsp3) is 0.136. The molecule has 0 aliphatic carbocycles. The SMILES string of the molecule is CS(=O)(=O)OC1=C(C(=O)OC(c2ccccc2)c2ccccc2)N2C(=O)[C@@H](NC(=O)C(=NOC(c3ccccc3)(c3ccccc3)c3ccccc3)c3nsc(N)n3)C2SC1. The van der Waals surface area contributed by atoms with Crippen LogP contribution in [0.15, 0.2) is 168 Å². The topological polar surface area (TPSA) is 192 Å². The Kier molecular flexibility index (Phi) is 11.7. The van der Waals surface area contributed by atoms with E-state index in [1.54, 1.807) is 48.5 Å². The van der Waals surface area contributed by atoms with Gasteiger partial charge in [-0.05, 0) is 11.1 Å². The Morgan fingerprint density at radius 3 is 1.77 bits per heavy atom. The van der Waals surface area contributed by atoms with Crippen LogP contribution in [0, 0.1) is 0 Å². The Bertz CT molecular complexity index is 2590. The monoisotopic (exact) mass is 872 g/mol. The van der Waals surface area contributed by atoms with E-state index in [2.05, 4.69) is 19.8 Å². The summed E-state index contributed by atoms with van der Waals surface area (Å²) in [5.41, 5.74) is 7.19. The molecule has 5 aromatic carbocycles. The molecule has 0 radical (unpaired) electrons. The van der Waals surface area contributed by atoms with Gasteiger partial charge in [-0.25, -0.2) is 4.79 Å². The van der Waals surface area contributed by atoms with Crippen LogP contribution in [0.5, 0.6) is 0 Å². The molecule has 3 heterocycles. The highest BCUT2D eigenvalue weighted by Crippen LogP contribution is 2.43. The van der Waals surface area contributed by atoms with Crippen molar-refractivity contribution in [2.45, 2.75) is 23.1 Å². The first-order valence-corrected chi connectivity index (χ1v) is 22.4. The zero-order valence-corrected chi connectivity index (χ0v) is 34.7. The number of thioether (sulfide) groups is 1. The number of rotatable bonds is 14. The van der Waals surface area contributed by atoms with Crippen LogP contribution in [-0.2, 0) is 43.9 Å². The van der Waals surface area contributed by atoms with Crippen LogP contribution < -0.4 is 11.1 Å². The first kappa shape index (κ1) is 40.9. The van der Waals surface area contributed by atoms with Gasteiger partial charge < -0.3 is 24.8 Å². The Hall–Kier alpha value is -6.82. The molecule has 2 atom stereocenters. The van der Waals surface area contributed by atoms with Crippen molar-refractivity contribution in [3.8, 4) is 0 Å². The average Bonchev–Trinajstić information content (AvgIpc) is 3.72. The Labute approximate surface area is 359 Å². The van der Waals surface area contributed by atoms with E-state index in [9.17, 15) is 22.8 Å². The lowest BCUT2D eigenvalue weighted by Gasteiger charge is -2.49. The molecule has 1 saturated heterocycles. The number of nitrogen functional groups attached to an aromatic ring is 1. The zero-order valence-electron chi connectivity index (χ0n) is 32.2. The molecule has 2 aliphatic rings. The maximum absolute atomic E-state index is 14.4. The summed E-state index contributed by atoms with van der Waals surface area (Å²) in [6.45, 7) is 0. The molecule has 0 bridgehead atoms. The summed E-state index contributed by atoms with van der Waals surface area (Å²) < 4.78 is 40.5. The number of hydrogen-bond donors (Lipinski definition) is 2. The van der Waals surface area contributed by atoms with Gasteiger partial charge in [0.1, 0.15) is 11.4 Å². The third-order valence-electron chi connectivity index (χ3n) is 9.78. The molecule has 0 spiro atoms. The van der Waals surface area contributed by atoms with Crippen molar-refractivity contribution >= 4 is 62.0 Å². The summed E-state index contributed by atoms with van der Waals surface area (Å²) in [6.07, 6.45) is -0.0878. The van der Waals surface area contributed by atoms with Crippen LogP contribution >= 0.6 is 23.3 Å². The Balaban J connectivity index is 1.13. The number of nitrogens with zero attached hydrogens (tertiary/aromatic N) is 4. The molecule has 8 rings (SSSR count). The molecule has 0 saturated carbocycles. The standard InChI is InChI=1S/C44H36N6O8S3/c1-61(54,55)57-33-27-59-41-35(40(52)50(41)36(33)42(53)56-37(28-17-7-2-8-18-28)29-19-9-3-10-20-29)46-39(51)34(38-47-43(45)60-49-38)48-58-44(30-21-11-4-12-22-30,31-23-13-5-14-24-31)32-25-15-6-16-26-32/h2-26,35,37,41H,27H2,1H3,(H,46,51)(H2,45,47,49)/t35-,41?/m1/s1. The highest BCUT2D eigenvalue weighted by atomic mass is 32.2. The number of oxime groups is 1. The van der Waals surface area contributed by atoms with Crippen molar-refractivity contribution in [2.75, 3.05) is 17.7 Å². The fourth-order valence-corrected chi connectivity index (χ4v) is 9.36. The number of nitrogens with two attached hydrogens (primary N) is 1. The number of ether oxygens (including phenoxy) is 1. The predicted molar refractivity (Wildman–Crippen MR) is 230 cm³/mol. The van der Waals surface area contributed by atoms with Crippen molar-refractivity contribution in [1.29, 1.82) is 0 Å². The predicted octanol–water partition coefficient (Wildman–Crippen LogP) is 5.75. The van der Waals surface area contributed by atoms with E-state index in [0.29, 0.717) is 27.8 Å². The summed E-state index contributed by atoms with van der Waals surface area (Å²) in [4.78, 5) is 54.7. The molecule has 61 heavy (non-hydrogen) atoms. The number of carbonyl (C=O) groups excluding carboxylic acids is 3. The number of hydrogen-bond acceptors (Lipinski definition) is 14. The van der Waals surface area contributed by atoms with Gasteiger partial charge in [0.15, 0.2) is 22.7 Å². The van der Waals surface area contributed by atoms with Crippen molar-refractivity contribution < 1.29 is 36.6 Å². The molecule has 17 heteroatoms. The molecule has 1 fully saturated rings. The number of anilines is 1. The lowest BCUT2D eigenvalue weighted by atomic mass is 9.80. The summed E-state index contributed by atoms with van der Waals surface area (Å²) in [5, 5.41) is 6.37. The molecule has 2 aliphatic heterocycles. The van der Waals surface area contributed by atoms with E-state index < -0.39 is 56.7 Å². The number of aromatic nitrogens is 2. The maximum Gasteiger partial charge on any atom is 0.359 e. The van der Waals surface area contributed by atoms with E-state index in [-0.39, 0.29) is 28.2 Å². The normalized spacial score (nSPS) is 16.7. The van der Waals surface area contributed by atoms with Crippen molar-refractivity contribution in [2.24, 2.45) is 5.16 Å². The number of fused-ring (bicyclic) bond motifs is 1. The minimum atomic E-state index is -4.15. The van der Waals surface area contributed by atoms with E-state index >= 15 is 0 Å². The van der Waals surface area contributed by atoms with E-state index in [0.717, 1.165) is 34.5 Å². The second kappa shape index (κ2) is 17.4. The second-order valence-corrected chi connectivity index (χ2v) is 17.3. The largest absolute Gasteiger partial charge is 0.448 e. The number of carbonyl (C=O) groups is 3. The van der Waals surface area contributed by atoms with Crippen LogP contribution in [-0.4, -0.2) is 69.6 Å². The van der Waals surface area contributed by atoms with Crippen molar-refractivity contribution in [1.82, 2.24) is 19.6 Å². The minimum absolute atomic E-state index is 0.0562. The van der Waals surface area contributed by atoms with Crippen LogP contribution in [0.1, 0.15) is 39.7 Å². The average molecular weight is 873 g/mol. The number of β-lactam (4-membered cyclic amide) rings is 1. The number of benzene rings is 5. The summed E-state index contributed by atoms with van der Waals surface area (Å²) in [6, 6.07) is 44.8. The number of esters is 1. The lowest BCUT2D eigenvalue weighted by molar-refractivity contribution is -0.154. The Morgan fingerprint density at radius 2 is 1.31 bits per heavy atom. The molecular formula is C44H36N6O8S3. The molecule has 6 aromatic rings. The maximum atomic E-state index is 14.4. The summed E-state index contributed by atoms with van der Waals surface area (Å²) >= 11 is 1.92. The molecule has 1 aromatic heterocycles. The van der Waals surface area contributed by atoms with Gasteiger partial charge in [-0.3, -0.25) is 14.5 Å². The third kappa shape index (κ3) is 8.48. The van der Waals surface area contributed by atoms with Gasteiger partial charge in [0.25, 0.3) is 11.8 Å². The fourth-order valence-electron chi connectivity index (χ4n) is 7.09. The van der Waals surface area contributed by atoms with E-state index in [1.165, 1.54) is 0 Å². The molecule has 1 unspecified atom stereocenters. The number of nitrogens with one attached hydrogen (secondary N) is 1. The zero-order chi connectivity index (χ0) is 42.6. The molecular weight excluding hydrogens is 837 g/mol. The van der Waals surface area contributed by atoms with Gasteiger partial charge in [0.2, 0.25) is 17.1 Å². The summed E-state index contributed by atoms with van der Waals surface area (Å²) in [5.74, 6) is -3.20. The molecule has 14 nitrogen and oxygen atoms in total. The van der Waals surface area contributed by atoms with Gasteiger partial charge >= 0.3 is 16.1 Å². The minimum Gasteiger partial charge on any atom is -0.448 e.